The Kier molecular flexibility index (Phi) is 5.57. The maximum Gasteiger partial charge on any atom is 0.234 e. The van der Waals surface area contributed by atoms with Crippen molar-refractivity contribution < 1.29 is 4.79 Å². The lowest BCUT2D eigenvalue weighted by atomic mass is 9.83. The van der Waals surface area contributed by atoms with Crippen molar-refractivity contribution >= 4 is 17.7 Å². The summed E-state index contributed by atoms with van der Waals surface area (Å²) in [4.78, 5) is 12.6. The van der Waals surface area contributed by atoms with Gasteiger partial charge in [-0.05, 0) is 49.2 Å². The Labute approximate surface area is 157 Å². The van der Waals surface area contributed by atoms with E-state index in [1.165, 1.54) is 11.8 Å². The second-order valence-electron chi connectivity index (χ2n) is 6.71. The molecule has 0 unspecified atom stereocenters. The SMILES string of the molecule is Cc1ccc(-n2nnnc2S[C@@H](C)C(=O)NC2(C#N)CCCCC2)cc1. The van der Waals surface area contributed by atoms with Gasteiger partial charge in [-0.15, -0.1) is 5.10 Å². The normalized spacial score (nSPS) is 17.3. The first-order valence-electron chi connectivity index (χ1n) is 8.78. The number of thioether (sulfide) groups is 1. The van der Waals surface area contributed by atoms with Gasteiger partial charge in [0.2, 0.25) is 11.1 Å². The standard InChI is InChI=1S/C18H22N6OS/c1-13-6-8-15(9-7-13)24-17(21-22-23-24)26-14(2)16(25)20-18(12-19)10-4-3-5-11-18/h6-9,14H,3-5,10-11H2,1-2H3,(H,20,25)/t14-/m0/s1. The molecule has 1 aromatic carbocycles. The van der Waals surface area contributed by atoms with E-state index < -0.39 is 10.8 Å². The fourth-order valence-corrected chi connectivity index (χ4v) is 3.88. The van der Waals surface area contributed by atoms with Crippen LogP contribution in [0.15, 0.2) is 29.4 Å². The first-order valence-corrected chi connectivity index (χ1v) is 9.66. The molecule has 8 heteroatoms. The maximum atomic E-state index is 12.6. The van der Waals surface area contributed by atoms with Gasteiger partial charge in [-0.3, -0.25) is 4.79 Å². The predicted molar refractivity (Wildman–Crippen MR) is 98.8 cm³/mol. The monoisotopic (exact) mass is 370 g/mol. The van der Waals surface area contributed by atoms with Gasteiger partial charge < -0.3 is 5.32 Å². The second-order valence-corrected chi connectivity index (χ2v) is 8.02. The molecular formula is C18H22N6OS. The number of carbonyl (C=O) groups excluding carboxylic acids is 1. The van der Waals surface area contributed by atoms with Crippen molar-refractivity contribution in [2.24, 2.45) is 0 Å². The fraction of sp³-hybridized carbons (Fsp3) is 0.500. The highest BCUT2D eigenvalue weighted by molar-refractivity contribution is 8.00. The largest absolute Gasteiger partial charge is 0.337 e. The highest BCUT2D eigenvalue weighted by Crippen LogP contribution is 2.29. The molecule has 1 amide bonds. The van der Waals surface area contributed by atoms with Crippen molar-refractivity contribution in [3.63, 3.8) is 0 Å². The molecule has 1 atom stereocenters. The fourth-order valence-electron chi connectivity index (χ4n) is 3.07. The van der Waals surface area contributed by atoms with Crippen LogP contribution < -0.4 is 5.32 Å². The zero-order chi connectivity index (χ0) is 18.6. The van der Waals surface area contributed by atoms with Crippen molar-refractivity contribution in [3.05, 3.63) is 29.8 Å². The quantitative estimate of drug-likeness (QED) is 0.813. The van der Waals surface area contributed by atoms with E-state index >= 15 is 0 Å². The Balaban J connectivity index is 1.69. The van der Waals surface area contributed by atoms with Gasteiger partial charge in [0.25, 0.3) is 0 Å². The number of hydrogen-bond acceptors (Lipinski definition) is 6. The number of hydrogen-bond donors (Lipinski definition) is 1. The number of nitriles is 1. The number of tetrazole rings is 1. The molecule has 1 N–H and O–H groups in total. The minimum absolute atomic E-state index is 0.156. The van der Waals surface area contributed by atoms with Crippen LogP contribution in [0.4, 0.5) is 0 Å². The molecule has 1 aromatic heterocycles. The smallest absolute Gasteiger partial charge is 0.234 e. The lowest BCUT2D eigenvalue weighted by Crippen LogP contribution is -2.50. The Hall–Kier alpha value is -2.40. The highest BCUT2D eigenvalue weighted by Gasteiger charge is 2.35. The first-order chi connectivity index (χ1) is 12.5. The number of amides is 1. The summed E-state index contributed by atoms with van der Waals surface area (Å²) in [6.45, 7) is 3.82. The molecule has 3 rings (SSSR count). The molecule has 1 fully saturated rings. The third-order valence-corrected chi connectivity index (χ3v) is 5.69. The van der Waals surface area contributed by atoms with Crippen LogP contribution in [0.2, 0.25) is 0 Å². The van der Waals surface area contributed by atoms with Crippen molar-refractivity contribution in [2.75, 3.05) is 0 Å². The highest BCUT2D eigenvalue weighted by atomic mass is 32.2. The molecular weight excluding hydrogens is 348 g/mol. The Morgan fingerprint density at radius 2 is 2.00 bits per heavy atom. The number of nitrogens with one attached hydrogen (secondary N) is 1. The number of carbonyl (C=O) groups is 1. The second kappa shape index (κ2) is 7.87. The van der Waals surface area contributed by atoms with Gasteiger partial charge in [0.05, 0.1) is 17.0 Å². The van der Waals surface area contributed by atoms with Crippen LogP contribution in [0.3, 0.4) is 0 Å². The molecule has 26 heavy (non-hydrogen) atoms. The van der Waals surface area contributed by atoms with Crippen molar-refractivity contribution in [2.45, 2.75) is 61.9 Å². The molecule has 0 bridgehead atoms. The van der Waals surface area contributed by atoms with Gasteiger partial charge >= 0.3 is 0 Å². The topological polar surface area (TPSA) is 96.5 Å². The summed E-state index contributed by atoms with van der Waals surface area (Å²) in [5, 5.41) is 24.4. The molecule has 1 saturated carbocycles. The molecule has 0 radical (unpaired) electrons. The van der Waals surface area contributed by atoms with E-state index in [0.29, 0.717) is 18.0 Å². The van der Waals surface area contributed by atoms with Gasteiger partial charge in [-0.25, -0.2) is 0 Å². The van der Waals surface area contributed by atoms with E-state index in [4.69, 9.17) is 0 Å². The number of benzene rings is 1. The van der Waals surface area contributed by atoms with Gasteiger partial charge in [-0.1, -0.05) is 48.7 Å². The van der Waals surface area contributed by atoms with Crippen molar-refractivity contribution in [3.8, 4) is 11.8 Å². The summed E-state index contributed by atoms with van der Waals surface area (Å²) in [5.74, 6) is -0.156. The van der Waals surface area contributed by atoms with E-state index in [0.717, 1.165) is 30.5 Å². The van der Waals surface area contributed by atoms with Crippen LogP contribution in [0.1, 0.15) is 44.6 Å². The van der Waals surface area contributed by atoms with Crippen LogP contribution in [-0.4, -0.2) is 36.9 Å². The van der Waals surface area contributed by atoms with Crippen LogP contribution in [0.25, 0.3) is 5.69 Å². The van der Waals surface area contributed by atoms with E-state index in [2.05, 4.69) is 26.9 Å². The lowest BCUT2D eigenvalue weighted by molar-refractivity contribution is -0.121. The van der Waals surface area contributed by atoms with Crippen molar-refractivity contribution in [1.82, 2.24) is 25.5 Å². The molecule has 1 heterocycles. The predicted octanol–water partition coefficient (Wildman–Crippen LogP) is 2.79. The average Bonchev–Trinajstić information content (AvgIpc) is 3.11. The zero-order valence-electron chi connectivity index (χ0n) is 15.0. The zero-order valence-corrected chi connectivity index (χ0v) is 15.8. The van der Waals surface area contributed by atoms with Crippen LogP contribution in [-0.2, 0) is 4.79 Å². The number of aromatic nitrogens is 4. The van der Waals surface area contributed by atoms with Gasteiger partial charge in [-0.2, -0.15) is 9.94 Å². The van der Waals surface area contributed by atoms with Crippen molar-refractivity contribution in [1.29, 1.82) is 5.26 Å². The number of rotatable bonds is 5. The summed E-state index contributed by atoms with van der Waals surface area (Å²) < 4.78 is 1.62. The number of nitrogens with zero attached hydrogens (tertiary/aromatic N) is 5. The Morgan fingerprint density at radius 1 is 1.31 bits per heavy atom. The lowest BCUT2D eigenvalue weighted by Gasteiger charge is -2.32. The summed E-state index contributed by atoms with van der Waals surface area (Å²) in [6.07, 6.45) is 4.50. The Bertz CT molecular complexity index is 804. The minimum atomic E-state index is -0.729. The van der Waals surface area contributed by atoms with E-state index in [1.54, 1.807) is 4.68 Å². The minimum Gasteiger partial charge on any atom is -0.337 e. The van der Waals surface area contributed by atoms with Crippen LogP contribution in [0.5, 0.6) is 0 Å². The van der Waals surface area contributed by atoms with Crippen LogP contribution >= 0.6 is 11.8 Å². The van der Waals surface area contributed by atoms with E-state index in [1.807, 2.05) is 38.1 Å². The van der Waals surface area contributed by atoms with Gasteiger partial charge in [0.15, 0.2) is 0 Å². The van der Waals surface area contributed by atoms with E-state index in [-0.39, 0.29) is 5.91 Å². The third-order valence-electron chi connectivity index (χ3n) is 4.65. The molecule has 0 aliphatic heterocycles. The summed E-state index contributed by atoms with van der Waals surface area (Å²) >= 11 is 1.29. The summed E-state index contributed by atoms with van der Waals surface area (Å²) in [7, 11) is 0. The molecule has 0 saturated heterocycles. The first kappa shape index (κ1) is 18.4. The molecule has 2 aromatic rings. The van der Waals surface area contributed by atoms with Gasteiger partial charge in [0.1, 0.15) is 5.54 Å². The maximum absolute atomic E-state index is 12.6. The Morgan fingerprint density at radius 3 is 2.65 bits per heavy atom. The summed E-state index contributed by atoms with van der Waals surface area (Å²) in [6, 6.07) is 10.2. The summed E-state index contributed by atoms with van der Waals surface area (Å²) in [5.41, 5.74) is 1.27. The molecule has 1 aliphatic rings. The molecule has 1 aliphatic carbocycles. The average molecular weight is 370 g/mol. The van der Waals surface area contributed by atoms with Gasteiger partial charge in [0, 0.05) is 0 Å². The molecule has 7 nitrogen and oxygen atoms in total. The number of aryl methyl sites for hydroxylation is 1. The van der Waals surface area contributed by atoms with E-state index in [9.17, 15) is 10.1 Å². The molecule has 0 spiro atoms. The third kappa shape index (κ3) is 4.05. The molecule has 136 valence electrons. The van der Waals surface area contributed by atoms with Crippen LogP contribution in [0, 0.1) is 18.3 Å².